The number of rotatable bonds is 5. The molecule has 1 fully saturated rings. The van der Waals surface area contributed by atoms with Gasteiger partial charge in [-0.25, -0.2) is 27.0 Å². The molecule has 5 rings (SSSR count). The number of aromatic amines is 2. The minimum atomic E-state index is -4.62. The highest BCUT2D eigenvalue weighted by molar-refractivity contribution is 7.94. The Hall–Kier alpha value is -3.91. The van der Waals surface area contributed by atoms with Crippen molar-refractivity contribution in [3.05, 3.63) is 29.8 Å². The second-order valence-corrected chi connectivity index (χ2v) is 11.3. The molecular formula is C18H16N10O4S2. The summed E-state index contributed by atoms with van der Waals surface area (Å²) in [7, 11) is -8.71. The van der Waals surface area contributed by atoms with Crippen LogP contribution in [-0.4, -0.2) is 65.8 Å². The molecule has 0 atom stereocenters. The van der Waals surface area contributed by atoms with Crippen LogP contribution in [0.15, 0.2) is 34.1 Å². The van der Waals surface area contributed by atoms with Gasteiger partial charge in [0.15, 0.2) is 15.8 Å². The Morgan fingerprint density at radius 3 is 2.47 bits per heavy atom. The van der Waals surface area contributed by atoms with E-state index in [-0.39, 0.29) is 41.6 Å². The number of hydrogen-bond acceptors (Lipinski definition) is 11. The molecule has 14 nitrogen and oxygen atoms in total. The van der Waals surface area contributed by atoms with Crippen molar-refractivity contribution in [3.8, 4) is 28.6 Å². The van der Waals surface area contributed by atoms with Crippen molar-refractivity contribution in [1.82, 2.24) is 35.9 Å². The van der Waals surface area contributed by atoms with Gasteiger partial charge in [0.05, 0.1) is 38.4 Å². The molecule has 7 N–H and O–H groups in total. The number of primary sulfonamides is 1. The summed E-state index contributed by atoms with van der Waals surface area (Å²) in [4.78, 5) is 5.93. The fraction of sp³-hybridized carbons (Fsp3) is 0.167. The fourth-order valence-corrected chi connectivity index (χ4v) is 7.03. The maximum atomic E-state index is 13.3. The number of nitrogens with one attached hydrogen (secondary N) is 3. The molecule has 2 aromatic carbocycles. The van der Waals surface area contributed by atoms with Crippen molar-refractivity contribution in [2.24, 2.45) is 5.14 Å². The van der Waals surface area contributed by atoms with Crippen LogP contribution in [0.1, 0.15) is 5.56 Å². The molecule has 0 unspecified atom stereocenters. The van der Waals surface area contributed by atoms with Gasteiger partial charge in [-0.05, 0) is 29.0 Å². The SMILES string of the molecule is N#Cc1cc(-c2ccc(S(=O)(=O)C3CNC3)c(S(N)(=O)=O)c2-c2nn[nH]n2)c2nc(N)[nH]c2c1. The van der Waals surface area contributed by atoms with Crippen LogP contribution in [0.3, 0.4) is 0 Å². The van der Waals surface area contributed by atoms with E-state index in [2.05, 4.69) is 35.9 Å². The van der Waals surface area contributed by atoms with Crippen LogP contribution in [0.5, 0.6) is 0 Å². The Morgan fingerprint density at radius 2 is 1.88 bits per heavy atom. The van der Waals surface area contributed by atoms with Crippen molar-refractivity contribution in [3.63, 3.8) is 0 Å². The fourth-order valence-electron chi connectivity index (χ4n) is 3.85. The number of imidazole rings is 1. The van der Waals surface area contributed by atoms with E-state index in [0.29, 0.717) is 16.6 Å². The molecule has 0 radical (unpaired) electrons. The number of tetrazole rings is 1. The van der Waals surface area contributed by atoms with Gasteiger partial charge in [0.1, 0.15) is 4.90 Å². The van der Waals surface area contributed by atoms with E-state index >= 15 is 0 Å². The van der Waals surface area contributed by atoms with Gasteiger partial charge in [-0.3, -0.25) is 0 Å². The normalized spacial score (nSPS) is 14.7. The lowest BCUT2D eigenvalue weighted by molar-refractivity contribution is 0.493. The average molecular weight is 501 g/mol. The number of anilines is 1. The van der Waals surface area contributed by atoms with Crippen molar-refractivity contribution in [2.75, 3.05) is 18.8 Å². The number of aromatic nitrogens is 6. The van der Waals surface area contributed by atoms with E-state index in [1.165, 1.54) is 24.3 Å². The molecule has 3 heterocycles. The molecule has 174 valence electrons. The highest BCUT2D eigenvalue weighted by atomic mass is 32.2. The number of nitrogen functional groups attached to an aromatic ring is 1. The van der Waals surface area contributed by atoms with Crippen molar-refractivity contribution in [2.45, 2.75) is 15.0 Å². The zero-order valence-corrected chi connectivity index (χ0v) is 18.8. The highest BCUT2D eigenvalue weighted by Crippen LogP contribution is 2.42. The zero-order chi connectivity index (χ0) is 24.3. The minimum absolute atomic E-state index is 0.0656. The molecule has 1 aliphatic heterocycles. The van der Waals surface area contributed by atoms with Gasteiger partial charge >= 0.3 is 0 Å². The Morgan fingerprint density at radius 1 is 1.12 bits per heavy atom. The zero-order valence-electron chi connectivity index (χ0n) is 17.1. The lowest BCUT2D eigenvalue weighted by atomic mass is 9.96. The predicted molar refractivity (Wildman–Crippen MR) is 119 cm³/mol. The Bertz CT molecular complexity index is 1700. The van der Waals surface area contributed by atoms with Crippen molar-refractivity contribution < 1.29 is 16.8 Å². The molecule has 0 bridgehead atoms. The van der Waals surface area contributed by atoms with Crippen LogP contribution in [0.2, 0.25) is 0 Å². The van der Waals surface area contributed by atoms with Gasteiger partial charge in [-0.2, -0.15) is 10.5 Å². The van der Waals surface area contributed by atoms with E-state index in [4.69, 9.17) is 10.9 Å². The number of sulfonamides is 1. The standard InChI is InChI=1S/C18H16N10O4S2/c19-5-8-3-11(15-12(4-8)23-18(20)24-15)10-1-2-13(33(29,30)9-6-22-7-9)16(34(21,31)32)14(10)17-25-27-28-26-17/h1-4,9,22H,6-7H2,(H3,20,23,24)(H2,21,31,32)(H,25,26,27,28). The number of hydrogen-bond donors (Lipinski definition) is 5. The molecular weight excluding hydrogens is 484 g/mol. The Kier molecular flexibility index (Phi) is 4.87. The summed E-state index contributed by atoms with van der Waals surface area (Å²) in [5, 5.41) is 30.6. The molecule has 0 saturated carbocycles. The summed E-state index contributed by atoms with van der Waals surface area (Å²) < 4.78 is 52.2. The third-order valence-electron chi connectivity index (χ3n) is 5.49. The Labute approximate surface area is 192 Å². The molecule has 0 amide bonds. The van der Waals surface area contributed by atoms with E-state index in [1.54, 1.807) is 0 Å². The summed E-state index contributed by atoms with van der Waals surface area (Å²) in [5.41, 5.74) is 7.04. The smallest absolute Gasteiger partial charge is 0.240 e. The summed E-state index contributed by atoms with van der Waals surface area (Å²) in [6.07, 6.45) is 0. The quantitative estimate of drug-likeness (QED) is 0.228. The second-order valence-electron chi connectivity index (χ2n) is 7.57. The maximum Gasteiger partial charge on any atom is 0.240 e. The number of nitrogens with two attached hydrogens (primary N) is 2. The molecule has 34 heavy (non-hydrogen) atoms. The summed E-state index contributed by atoms with van der Waals surface area (Å²) in [6, 6.07) is 7.59. The summed E-state index contributed by atoms with van der Waals surface area (Å²) >= 11 is 0. The van der Waals surface area contributed by atoms with Crippen LogP contribution < -0.4 is 16.2 Å². The molecule has 16 heteroatoms. The van der Waals surface area contributed by atoms with E-state index in [1.807, 2.05) is 6.07 Å². The maximum absolute atomic E-state index is 13.3. The Balaban J connectivity index is 1.94. The minimum Gasteiger partial charge on any atom is -0.369 e. The number of nitrogens with zero attached hydrogens (tertiary/aromatic N) is 5. The molecule has 4 aromatic rings. The molecule has 0 aliphatic carbocycles. The molecule has 1 saturated heterocycles. The lowest BCUT2D eigenvalue weighted by Crippen LogP contribution is -2.51. The second kappa shape index (κ2) is 7.56. The topological polar surface area (TPSA) is 239 Å². The average Bonchev–Trinajstić information content (AvgIpc) is 3.38. The van der Waals surface area contributed by atoms with Crippen LogP contribution in [0.25, 0.3) is 33.5 Å². The predicted octanol–water partition coefficient (Wildman–Crippen LogP) is -0.743. The van der Waals surface area contributed by atoms with Gasteiger partial charge in [-0.15, -0.1) is 10.2 Å². The number of benzene rings is 2. The van der Waals surface area contributed by atoms with Gasteiger partial charge in [0.2, 0.25) is 15.8 Å². The van der Waals surface area contributed by atoms with Gasteiger partial charge in [0, 0.05) is 18.7 Å². The van der Waals surface area contributed by atoms with Gasteiger partial charge in [0.25, 0.3) is 0 Å². The van der Waals surface area contributed by atoms with Crippen molar-refractivity contribution in [1.29, 1.82) is 5.26 Å². The number of fused-ring (bicyclic) bond motifs is 1. The van der Waals surface area contributed by atoms with E-state index in [0.717, 1.165) is 0 Å². The summed E-state index contributed by atoms with van der Waals surface area (Å²) in [5.74, 6) is -0.141. The van der Waals surface area contributed by atoms with Crippen LogP contribution in [0, 0.1) is 11.3 Å². The van der Waals surface area contributed by atoms with Gasteiger partial charge in [-0.1, -0.05) is 6.07 Å². The third kappa shape index (κ3) is 3.38. The van der Waals surface area contributed by atoms with E-state index < -0.39 is 34.9 Å². The monoisotopic (exact) mass is 500 g/mol. The first-order chi connectivity index (χ1) is 16.1. The van der Waals surface area contributed by atoms with E-state index in [9.17, 15) is 22.1 Å². The van der Waals surface area contributed by atoms with Gasteiger partial charge < -0.3 is 16.0 Å². The number of sulfone groups is 1. The third-order valence-corrected chi connectivity index (χ3v) is 8.78. The molecule has 1 aliphatic rings. The highest BCUT2D eigenvalue weighted by Gasteiger charge is 2.39. The van der Waals surface area contributed by atoms with Crippen LogP contribution >= 0.6 is 0 Å². The number of nitriles is 1. The molecule has 0 spiro atoms. The summed E-state index contributed by atoms with van der Waals surface area (Å²) in [6.45, 7) is 0.339. The van der Waals surface area contributed by atoms with Crippen LogP contribution in [0.4, 0.5) is 5.95 Å². The first-order valence-corrected chi connectivity index (χ1v) is 12.8. The largest absolute Gasteiger partial charge is 0.369 e. The first-order valence-electron chi connectivity index (χ1n) is 9.69. The van der Waals surface area contributed by atoms with Crippen LogP contribution in [-0.2, 0) is 19.9 Å². The van der Waals surface area contributed by atoms with Crippen molar-refractivity contribution >= 4 is 36.8 Å². The number of H-pyrrole nitrogens is 2. The molecule has 2 aromatic heterocycles. The lowest BCUT2D eigenvalue weighted by Gasteiger charge is -2.28. The first kappa shape index (κ1) is 21.9.